The molecule has 2 aromatic rings. The maximum Gasteiger partial charge on any atom is 0.303 e. The molecule has 0 radical (unpaired) electrons. The van der Waals surface area contributed by atoms with Gasteiger partial charge in [0.15, 0.2) is 11.5 Å². The molecule has 0 spiro atoms. The summed E-state index contributed by atoms with van der Waals surface area (Å²) in [5, 5.41) is 12.8. The minimum Gasteiger partial charge on any atom is -0.493 e. The first-order valence-corrected chi connectivity index (χ1v) is 6.39. The number of hydrogen-bond donors (Lipinski definition) is 1. The summed E-state index contributed by atoms with van der Waals surface area (Å²) in [5.74, 6) is 0.481. The van der Waals surface area contributed by atoms with Gasteiger partial charge in [0.1, 0.15) is 0 Å². The lowest BCUT2D eigenvalue weighted by atomic mass is 10.2. The van der Waals surface area contributed by atoms with Gasteiger partial charge in [-0.3, -0.25) is 4.79 Å². The fourth-order valence-corrected chi connectivity index (χ4v) is 2.02. The van der Waals surface area contributed by atoms with Crippen LogP contribution >= 0.6 is 11.6 Å². The maximum absolute atomic E-state index is 10.5. The zero-order valence-electron chi connectivity index (χ0n) is 11.4. The number of methoxy groups -OCH3 is 2. The quantitative estimate of drug-likeness (QED) is 0.875. The van der Waals surface area contributed by atoms with Crippen LogP contribution in [0.1, 0.15) is 12.3 Å². The molecular formula is C13H13ClN2O5. The standard InChI is InChI=1S/C13H13ClN2O5/c1-19-9-6-7(5-8(14)12(9)20-2)13-15-10(21-16-13)3-4-11(17)18/h5-6H,3-4H2,1-2H3,(H,17,18). The van der Waals surface area contributed by atoms with Gasteiger partial charge in [0, 0.05) is 12.0 Å². The second-order valence-electron chi connectivity index (χ2n) is 4.10. The largest absolute Gasteiger partial charge is 0.493 e. The predicted molar refractivity (Wildman–Crippen MR) is 73.8 cm³/mol. The third-order valence-electron chi connectivity index (χ3n) is 2.71. The van der Waals surface area contributed by atoms with E-state index in [1.165, 1.54) is 14.2 Å². The van der Waals surface area contributed by atoms with Crippen LogP contribution in [0.25, 0.3) is 11.4 Å². The van der Waals surface area contributed by atoms with E-state index < -0.39 is 5.97 Å². The maximum atomic E-state index is 10.5. The first-order chi connectivity index (χ1) is 10.0. The van der Waals surface area contributed by atoms with E-state index in [9.17, 15) is 4.79 Å². The van der Waals surface area contributed by atoms with Crippen molar-refractivity contribution in [1.82, 2.24) is 10.1 Å². The molecule has 0 atom stereocenters. The second kappa shape index (κ2) is 6.45. The fourth-order valence-electron chi connectivity index (χ4n) is 1.73. The molecular weight excluding hydrogens is 300 g/mol. The normalized spacial score (nSPS) is 10.4. The molecule has 0 aliphatic heterocycles. The van der Waals surface area contributed by atoms with Crippen LogP contribution in [0.3, 0.4) is 0 Å². The Bertz CT molecular complexity index is 656. The minimum atomic E-state index is -0.927. The lowest BCUT2D eigenvalue weighted by molar-refractivity contribution is -0.137. The summed E-state index contributed by atoms with van der Waals surface area (Å²) in [4.78, 5) is 14.6. The highest BCUT2D eigenvalue weighted by Gasteiger charge is 2.16. The van der Waals surface area contributed by atoms with Crippen molar-refractivity contribution in [2.45, 2.75) is 12.8 Å². The molecule has 0 unspecified atom stereocenters. The number of aliphatic carboxylic acids is 1. The van der Waals surface area contributed by atoms with Gasteiger partial charge in [-0.05, 0) is 12.1 Å². The average molecular weight is 313 g/mol. The van der Waals surface area contributed by atoms with Crippen molar-refractivity contribution in [3.8, 4) is 22.9 Å². The van der Waals surface area contributed by atoms with E-state index in [0.717, 1.165) is 0 Å². The van der Waals surface area contributed by atoms with Gasteiger partial charge >= 0.3 is 5.97 Å². The van der Waals surface area contributed by atoms with E-state index in [-0.39, 0.29) is 18.7 Å². The van der Waals surface area contributed by atoms with Crippen molar-refractivity contribution in [2.75, 3.05) is 14.2 Å². The number of carboxylic acid groups (broad SMARTS) is 1. The van der Waals surface area contributed by atoms with Crippen LogP contribution in [0, 0.1) is 0 Å². The molecule has 1 N–H and O–H groups in total. The van der Waals surface area contributed by atoms with Gasteiger partial charge < -0.3 is 19.1 Å². The first kappa shape index (κ1) is 15.1. The molecule has 1 heterocycles. The Morgan fingerprint density at radius 3 is 2.76 bits per heavy atom. The molecule has 8 heteroatoms. The van der Waals surface area contributed by atoms with Crippen LogP contribution in [-0.2, 0) is 11.2 Å². The van der Waals surface area contributed by atoms with Crippen LogP contribution in [0.15, 0.2) is 16.7 Å². The summed E-state index contributed by atoms with van der Waals surface area (Å²) >= 11 is 6.10. The van der Waals surface area contributed by atoms with Crippen LogP contribution in [0.2, 0.25) is 5.02 Å². The van der Waals surface area contributed by atoms with E-state index in [1.54, 1.807) is 12.1 Å². The van der Waals surface area contributed by atoms with Gasteiger partial charge in [-0.15, -0.1) is 0 Å². The third-order valence-corrected chi connectivity index (χ3v) is 2.99. The van der Waals surface area contributed by atoms with Crippen molar-refractivity contribution in [2.24, 2.45) is 0 Å². The molecule has 1 aromatic carbocycles. The number of aromatic nitrogens is 2. The number of halogens is 1. The number of carbonyl (C=O) groups is 1. The third kappa shape index (κ3) is 3.43. The smallest absolute Gasteiger partial charge is 0.303 e. The molecule has 21 heavy (non-hydrogen) atoms. The van der Waals surface area contributed by atoms with Crippen LogP contribution < -0.4 is 9.47 Å². The number of aryl methyl sites for hydroxylation is 1. The SMILES string of the molecule is COc1cc(-c2noc(CCC(=O)O)n2)cc(Cl)c1OC. The van der Waals surface area contributed by atoms with Crippen molar-refractivity contribution in [1.29, 1.82) is 0 Å². The second-order valence-corrected chi connectivity index (χ2v) is 4.51. The fraction of sp³-hybridized carbons (Fsp3) is 0.308. The van der Waals surface area contributed by atoms with Crippen molar-refractivity contribution < 1.29 is 23.9 Å². The van der Waals surface area contributed by atoms with Crippen LogP contribution in [0.4, 0.5) is 0 Å². The summed E-state index contributed by atoms with van der Waals surface area (Å²) < 4.78 is 15.3. The van der Waals surface area contributed by atoms with E-state index in [4.69, 9.17) is 30.7 Å². The number of ether oxygens (including phenoxy) is 2. The Morgan fingerprint density at radius 1 is 1.38 bits per heavy atom. The van der Waals surface area contributed by atoms with Gasteiger partial charge in [-0.2, -0.15) is 4.98 Å². The topological polar surface area (TPSA) is 94.7 Å². The highest BCUT2D eigenvalue weighted by molar-refractivity contribution is 6.32. The minimum absolute atomic E-state index is 0.0751. The Hall–Kier alpha value is -2.28. The molecule has 0 aliphatic rings. The predicted octanol–water partition coefficient (Wildman–Crippen LogP) is 2.42. The van der Waals surface area contributed by atoms with Crippen LogP contribution in [0.5, 0.6) is 11.5 Å². The molecule has 0 saturated carbocycles. The van der Waals surface area contributed by atoms with E-state index >= 15 is 0 Å². The molecule has 0 fully saturated rings. The summed E-state index contributed by atoms with van der Waals surface area (Å²) in [5.41, 5.74) is 0.586. The van der Waals surface area contributed by atoms with E-state index in [1.807, 2.05) is 0 Å². The highest BCUT2D eigenvalue weighted by Crippen LogP contribution is 2.38. The summed E-state index contributed by atoms with van der Waals surface area (Å²) in [6, 6.07) is 3.28. The molecule has 0 aliphatic carbocycles. The van der Waals surface area contributed by atoms with Gasteiger partial charge in [0.05, 0.1) is 25.7 Å². The molecule has 1 aromatic heterocycles. The summed E-state index contributed by atoms with van der Waals surface area (Å²) in [7, 11) is 2.98. The number of hydrogen-bond acceptors (Lipinski definition) is 6. The molecule has 0 bridgehead atoms. The van der Waals surface area contributed by atoms with E-state index in [2.05, 4.69) is 10.1 Å². The van der Waals surface area contributed by atoms with Gasteiger partial charge in [0.25, 0.3) is 0 Å². The number of carboxylic acids is 1. The zero-order chi connectivity index (χ0) is 15.4. The number of benzene rings is 1. The molecule has 112 valence electrons. The highest BCUT2D eigenvalue weighted by atomic mass is 35.5. The van der Waals surface area contributed by atoms with Crippen molar-refractivity contribution >= 4 is 17.6 Å². The Kier molecular flexibility index (Phi) is 4.64. The number of rotatable bonds is 6. The lowest BCUT2D eigenvalue weighted by Gasteiger charge is -2.10. The zero-order valence-corrected chi connectivity index (χ0v) is 12.2. The van der Waals surface area contributed by atoms with Gasteiger partial charge in [0.2, 0.25) is 11.7 Å². The van der Waals surface area contributed by atoms with Gasteiger partial charge in [-0.25, -0.2) is 0 Å². The Balaban J connectivity index is 2.30. The average Bonchev–Trinajstić information content (AvgIpc) is 2.93. The Labute approximate surface area is 125 Å². The molecule has 7 nitrogen and oxygen atoms in total. The molecule has 0 saturated heterocycles. The van der Waals surface area contributed by atoms with Crippen LogP contribution in [-0.4, -0.2) is 35.4 Å². The molecule has 0 amide bonds. The summed E-state index contributed by atoms with van der Waals surface area (Å²) in [6.07, 6.45) is 0.0949. The number of nitrogens with zero attached hydrogens (tertiary/aromatic N) is 2. The van der Waals surface area contributed by atoms with Crippen molar-refractivity contribution in [3.05, 3.63) is 23.0 Å². The summed E-state index contributed by atoms with van der Waals surface area (Å²) in [6.45, 7) is 0. The van der Waals surface area contributed by atoms with Gasteiger partial charge in [-0.1, -0.05) is 16.8 Å². The molecule has 2 rings (SSSR count). The first-order valence-electron chi connectivity index (χ1n) is 6.01. The van der Waals surface area contributed by atoms with Crippen molar-refractivity contribution in [3.63, 3.8) is 0 Å². The lowest BCUT2D eigenvalue weighted by Crippen LogP contribution is -1.97. The monoisotopic (exact) mass is 312 g/mol. The Morgan fingerprint density at radius 2 is 2.14 bits per heavy atom. The van der Waals surface area contributed by atoms with E-state index in [0.29, 0.717) is 27.9 Å².